The van der Waals surface area contributed by atoms with Crippen LogP contribution in [0.15, 0.2) is 41.6 Å². The molecule has 2 aromatic heterocycles. The van der Waals surface area contributed by atoms with Crippen LogP contribution in [-0.4, -0.2) is 31.3 Å². The molecule has 3 aromatic rings. The Labute approximate surface area is 151 Å². The number of benzene rings is 1. The van der Waals surface area contributed by atoms with Crippen LogP contribution >= 0.6 is 11.8 Å². The predicted octanol–water partition coefficient (Wildman–Crippen LogP) is 4.45. The zero-order valence-corrected chi connectivity index (χ0v) is 15.7. The fourth-order valence-electron chi connectivity index (χ4n) is 3.10. The molecular weight excluding hydrogens is 332 g/mol. The van der Waals surface area contributed by atoms with Gasteiger partial charge in [0.15, 0.2) is 11.6 Å². The van der Waals surface area contributed by atoms with Crippen LogP contribution in [0.1, 0.15) is 41.6 Å². The van der Waals surface area contributed by atoms with Crippen molar-refractivity contribution in [2.45, 2.75) is 38.9 Å². The molecule has 1 aromatic carbocycles. The van der Waals surface area contributed by atoms with Gasteiger partial charge in [0.2, 0.25) is 5.16 Å². The second kappa shape index (κ2) is 7.27. The summed E-state index contributed by atoms with van der Waals surface area (Å²) in [5, 5.41) is 7.72. The van der Waals surface area contributed by atoms with Crippen LogP contribution in [0.5, 0.6) is 0 Å². The lowest BCUT2D eigenvalue weighted by atomic mass is 10.2. The molecule has 2 heterocycles. The minimum atomic E-state index is 0.107. The summed E-state index contributed by atoms with van der Waals surface area (Å²) in [5.74, 6) is 1.15. The zero-order chi connectivity index (χ0) is 18.0. The number of aromatic nitrogens is 4. The maximum atomic E-state index is 12.6. The van der Waals surface area contributed by atoms with E-state index >= 15 is 0 Å². The topological polar surface area (TPSA) is 63.6 Å². The van der Waals surface area contributed by atoms with E-state index in [0.29, 0.717) is 22.8 Å². The molecule has 1 N–H and O–H groups in total. The summed E-state index contributed by atoms with van der Waals surface area (Å²) in [6, 6.07) is 12.1. The SMILES string of the molecule is Cc1cc(C(=O)CSc2n[nH]c(-c3ccccc3)n2)c(C)n1C(C)C. The van der Waals surface area contributed by atoms with Crippen LogP contribution in [-0.2, 0) is 0 Å². The van der Waals surface area contributed by atoms with Gasteiger partial charge in [-0.3, -0.25) is 9.89 Å². The molecule has 25 heavy (non-hydrogen) atoms. The molecule has 130 valence electrons. The highest BCUT2D eigenvalue weighted by Crippen LogP contribution is 2.24. The first-order chi connectivity index (χ1) is 12.0. The van der Waals surface area contributed by atoms with Crippen molar-refractivity contribution in [2.24, 2.45) is 0 Å². The van der Waals surface area contributed by atoms with Gasteiger partial charge in [0, 0.05) is 28.6 Å². The number of thioether (sulfide) groups is 1. The Balaban J connectivity index is 1.69. The molecule has 6 heteroatoms. The molecule has 0 saturated heterocycles. The Morgan fingerprint density at radius 2 is 1.96 bits per heavy atom. The molecule has 0 radical (unpaired) electrons. The molecule has 0 aliphatic carbocycles. The summed E-state index contributed by atoms with van der Waals surface area (Å²) < 4.78 is 2.19. The van der Waals surface area contributed by atoms with Gasteiger partial charge in [0.05, 0.1) is 5.75 Å². The van der Waals surface area contributed by atoms with E-state index in [-0.39, 0.29) is 5.78 Å². The average Bonchev–Trinajstić information content (AvgIpc) is 3.18. The van der Waals surface area contributed by atoms with Crippen LogP contribution < -0.4 is 0 Å². The molecule has 3 rings (SSSR count). The van der Waals surface area contributed by atoms with Crippen molar-refractivity contribution in [3.05, 3.63) is 53.3 Å². The number of H-pyrrole nitrogens is 1. The van der Waals surface area contributed by atoms with E-state index in [2.05, 4.69) is 33.6 Å². The standard InChI is InChI=1S/C19H22N4OS/c1-12(2)23-13(3)10-16(14(23)4)17(24)11-25-19-20-18(21-22-19)15-8-6-5-7-9-15/h5-10,12H,11H2,1-4H3,(H,20,21,22). The highest BCUT2D eigenvalue weighted by Gasteiger charge is 2.18. The number of aromatic amines is 1. The van der Waals surface area contributed by atoms with E-state index in [1.54, 1.807) is 0 Å². The number of nitrogens with zero attached hydrogens (tertiary/aromatic N) is 3. The van der Waals surface area contributed by atoms with Crippen molar-refractivity contribution in [3.8, 4) is 11.4 Å². The molecule has 0 aliphatic heterocycles. The van der Waals surface area contributed by atoms with Gasteiger partial charge in [-0.15, -0.1) is 5.10 Å². The molecule has 5 nitrogen and oxygen atoms in total. The molecule has 0 fully saturated rings. The lowest BCUT2D eigenvalue weighted by Gasteiger charge is -2.13. The van der Waals surface area contributed by atoms with Crippen LogP contribution in [0.4, 0.5) is 0 Å². The first kappa shape index (κ1) is 17.5. The van der Waals surface area contributed by atoms with Crippen LogP contribution in [0.3, 0.4) is 0 Å². The summed E-state index contributed by atoms with van der Waals surface area (Å²) in [7, 11) is 0. The lowest BCUT2D eigenvalue weighted by molar-refractivity contribution is 0.102. The number of ketones is 1. The number of carbonyl (C=O) groups excluding carboxylic acids is 1. The van der Waals surface area contributed by atoms with Crippen molar-refractivity contribution in [3.63, 3.8) is 0 Å². The van der Waals surface area contributed by atoms with Gasteiger partial charge < -0.3 is 4.57 Å². The maximum absolute atomic E-state index is 12.6. The van der Waals surface area contributed by atoms with Crippen molar-refractivity contribution in [1.82, 2.24) is 19.7 Å². The number of hydrogen-bond acceptors (Lipinski definition) is 4. The summed E-state index contributed by atoms with van der Waals surface area (Å²) >= 11 is 1.36. The first-order valence-corrected chi connectivity index (χ1v) is 9.28. The summed E-state index contributed by atoms with van der Waals surface area (Å²) in [5.41, 5.74) is 3.91. The van der Waals surface area contributed by atoms with Crippen molar-refractivity contribution in [2.75, 3.05) is 5.75 Å². The minimum absolute atomic E-state index is 0.107. The fraction of sp³-hybridized carbons (Fsp3) is 0.316. The van der Waals surface area contributed by atoms with Crippen molar-refractivity contribution in [1.29, 1.82) is 0 Å². The van der Waals surface area contributed by atoms with E-state index in [0.717, 1.165) is 22.5 Å². The van der Waals surface area contributed by atoms with Gasteiger partial charge in [-0.1, -0.05) is 42.1 Å². The van der Waals surface area contributed by atoms with Gasteiger partial charge in [-0.2, -0.15) is 0 Å². The Kier molecular flexibility index (Phi) is 5.08. The quantitative estimate of drug-likeness (QED) is 0.525. The predicted molar refractivity (Wildman–Crippen MR) is 101 cm³/mol. The average molecular weight is 354 g/mol. The summed E-state index contributed by atoms with van der Waals surface area (Å²) in [6.07, 6.45) is 0. The molecule has 0 atom stereocenters. The number of Topliss-reactive ketones (excluding diaryl/α,β-unsaturated/α-hetero) is 1. The van der Waals surface area contributed by atoms with Gasteiger partial charge in [-0.05, 0) is 33.8 Å². The second-order valence-corrected chi connectivity index (χ2v) is 7.24. The molecule has 0 aliphatic rings. The first-order valence-electron chi connectivity index (χ1n) is 8.29. The number of carbonyl (C=O) groups is 1. The molecule has 0 amide bonds. The van der Waals surface area contributed by atoms with Gasteiger partial charge in [0.1, 0.15) is 0 Å². The van der Waals surface area contributed by atoms with Crippen molar-refractivity contribution < 1.29 is 4.79 Å². The Hall–Kier alpha value is -2.34. The zero-order valence-electron chi connectivity index (χ0n) is 14.9. The number of nitrogens with one attached hydrogen (secondary N) is 1. The van der Waals surface area contributed by atoms with E-state index in [1.165, 1.54) is 11.8 Å². The van der Waals surface area contributed by atoms with E-state index < -0.39 is 0 Å². The third kappa shape index (κ3) is 3.69. The normalized spacial score (nSPS) is 11.2. The second-order valence-electron chi connectivity index (χ2n) is 6.29. The third-order valence-electron chi connectivity index (χ3n) is 4.15. The van der Waals surface area contributed by atoms with Crippen LogP contribution in [0.2, 0.25) is 0 Å². The minimum Gasteiger partial charge on any atom is -0.346 e. The number of rotatable bonds is 6. The van der Waals surface area contributed by atoms with Crippen molar-refractivity contribution >= 4 is 17.5 Å². The van der Waals surface area contributed by atoms with Gasteiger partial charge >= 0.3 is 0 Å². The number of aryl methyl sites for hydroxylation is 1. The van der Waals surface area contributed by atoms with Gasteiger partial charge in [0.25, 0.3) is 0 Å². The fourth-order valence-corrected chi connectivity index (χ4v) is 3.78. The largest absolute Gasteiger partial charge is 0.346 e. The molecule has 0 spiro atoms. The Bertz CT molecular complexity index is 880. The maximum Gasteiger partial charge on any atom is 0.209 e. The lowest BCUT2D eigenvalue weighted by Crippen LogP contribution is -2.08. The monoisotopic (exact) mass is 354 g/mol. The molecule has 0 unspecified atom stereocenters. The van der Waals surface area contributed by atoms with Gasteiger partial charge in [-0.25, -0.2) is 4.98 Å². The highest BCUT2D eigenvalue weighted by atomic mass is 32.2. The summed E-state index contributed by atoms with van der Waals surface area (Å²) in [6.45, 7) is 8.30. The summed E-state index contributed by atoms with van der Waals surface area (Å²) in [4.78, 5) is 17.1. The van der Waals surface area contributed by atoms with E-state index in [9.17, 15) is 4.79 Å². The highest BCUT2D eigenvalue weighted by molar-refractivity contribution is 7.99. The van der Waals surface area contributed by atoms with E-state index in [1.807, 2.05) is 50.2 Å². The van der Waals surface area contributed by atoms with E-state index in [4.69, 9.17) is 0 Å². The van der Waals surface area contributed by atoms with Crippen LogP contribution in [0.25, 0.3) is 11.4 Å². The van der Waals surface area contributed by atoms with Crippen LogP contribution in [0, 0.1) is 13.8 Å². The molecule has 0 bridgehead atoms. The molecular formula is C19H22N4OS. The smallest absolute Gasteiger partial charge is 0.209 e. The third-order valence-corrected chi connectivity index (χ3v) is 4.99. The Morgan fingerprint density at radius 3 is 2.60 bits per heavy atom. The molecule has 0 saturated carbocycles. The number of hydrogen-bond donors (Lipinski definition) is 1. The Morgan fingerprint density at radius 1 is 1.24 bits per heavy atom.